The number of isocyanates is 2. The van der Waals surface area contributed by atoms with E-state index >= 15 is 0 Å². The highest BCUT2D eigenvalue weighted by Gasteiger charge is 2.09. The Morgan fingerprint density at radius 3 is 3.00 bits per heavy atom. The Labute approximate surface area is 74.1 Å². The summed E-state index contributed by atoms with van der Waals surface area (Å²) in [6.45, 7) is 0.110. The summed E-state index contributed by atoms with van der Waals surface area (Å²) >= 11 is 0. The van der Waals surface area contributed by atoms with Crippen molar-refractivity contribution >= 4 is 12.2 Å². The van der Waals surface area contributed by atoms with E-state index in [0.29, 0.717) is 5.76 Å². The van der Waals surface area contributed by atoms with Gasteiger partial charge in [0.15, 0.2) is 0 Å². The van der Waals surface area contributed by atoms with Crippen molar-refractivity contribution in [2.45, 2.75) is 6.23 Å². The molecule has 0 fully saturated rings. The van der Waals surface area contributed by atoms with Crippen LogP contribution >= 0.6 is 0 Å². The summed E-state index contributed by atoms with van der Waals surface area (Å²) in [5.41, 5.74) is 0. The Morgan fingerprint density at radius 1 is 1.46 bits per heavy atom. The van der Waals surface area contributed by atoms with Gasteiger partial charge in [-0.2, -0.15) is 9.98 Å². The molecule has 5 heteroatoms. The molecule has 0 bridgehead atoms. The molecule has 1 rings (SSSR count). The second-order valence-electron chi connectivity index (χ2n) is 2.15. The zero-order valence-corrected chi connectivity index (χ0v) is 6.64. The average Bonchev–Trinajstić information content (AvgIpc) is 2.16. The standard InChI is InChI=1S/C8H6N2O3/c11-5-9-4-7-2-1-3-8(13-7)10-6-12/h1-3,8H,4H2. The van der Waals surface area contributed by atoms with Gasteiger partial charge in [-0.1, -0.05) is 6.08 Å². The van der Waals surface area contributed by atoms with Gasteiger partial charge in [-0.05, 0) is 12.2 Å². The first kappa shape index (κ1) is 9.13. The van der Waals surface area contributed by atoms with Crippen molar-refractivity contribution < 1.29 is 14.3 Å². The SMILES string of the molecule is O=C=NCC1=CC=CC(N=C=O)O1. The second-order valence-corrected chi connectivity index (χ2v) is 2.15. The van der Waals surface area contributed by atoms with Crippen LogP contribution in [0.5, 0.6) is 0 Å². The molecule has 0 saturated carbocycles. The maximum atomic E-state index is 9.88. The van der Waals surface area contributed by atoms with Crippen LogP contribution in [0.15, 0.2) is 34.0 Å². The summed E-state index contributed by atoms with van der Waals surface area (Å²) in [4.78, 5) is 26.3. The van der Waals surface area contributed by atoms with Crippen LogP contribution in [0, 0.1) is 0 Å². The zero-order chi connectivity index (χ0) is 9.52. The van der Waals surface area contributed by atoms with E-state index < -0.39 is 6.23 Å². The number of aliphatic imine (C=N–C) groups is 2. The maximum absolute atomic E-state index is 9.88. The lowest BCUT2D eigenvalue weighted by Crippen LogP contribution is -2.10. The van der Waals surface area contributed by atoms with Crippen molar-refractivity contribution in [1.82, 2.24) is 0 Å². The molecule has 0 N–H and O–H groups in total. The highest BCUT2D eigenvalue weighted by Crippen LogP contribution is 2.11. The van der Waals surface area contributed by atoms with E-state index in [1.54, 1.807) is 18.2 Å². The van der Waals surface area contributed by atoms with Crippen LogP contribution in [0.1, 0.15) is 0 Å². The molecule has 0 aromatic rings. The van der Waals surface area contributed by atoms with Crippen molar-refractivity contribution in [3.8, 4) is 0 Å². The van der Waals surface area contributed by atoms with Crippen LogP contribution < -0.4 is 0 Å². The first-order valence-corrected chi connectivity index (χ1v) is 3.51. The molecule has 0 radical (unpaired) electrons. The Morgan fingerprint density at radius 2 is 2.31 bits per heavy atom. The highest BCUT2D eigenvalue weighted by molar-refractivity contribution is 5.35. The molecule has 0 spiro atoms. The highest BCUT2D eigenvalue weighted by atomic mass is 16.5. The van der Waals surface area contributed by atoms with Gasteiger partial charge < -0.3 is 4.74 Å². The summed E-state index contributed by atoms with van der Waals surface area (Å²) in [6.07, 6.45) is 7.00. The quantitative estimate of drug-likeness (QED) is 0.465. The Bertz CT molecular complexity index is 333. The van der Waals surface area contributed by atoms with E-state index in [-0.39, 0.29) is 6.54 Å². The smallest absolute Gasteiger partial charge is 0.238 e. The van der Waals surface area contributed by atoms with Gasteiger partial charge in [0.2, 0.25) is 18.4 Å². The molecule has 13 heavy (non-hydrogen) atoms. The van der Waals surface area contributed by atoms with Gasteiger partial charge in [-0.25, -0.2) is 9.59 Å². The third-order valence-corrected chi connectivity index (χ3v) is 1.31. The van der Waals surface area contributed by atoms with Crippen LogP contribution in [0.3, 0.4) is 0 Å². The number of nitrogens with zero attached hydrogens (tertiary/aromatic N) is 2. The molecule has 1 unspecified atom stereocenters. The lowest BCUT2D eigenvalue weighted by Gasteiger charge is -2.13. The lowest BCUT2D eigenvalue weighted by atomic mass is 10.3. The van der Waals surface area contributed by atoms with Crippen LogP contribution in [0.2, 0.25) is 0 Å². The zero-order valence-electron chi connectivity index (χ0n) is 6.64. The number of rotatable bonds is 3. The predicted molar refractivity (Wildman–Crippen MR) is 43.2 cm³/mol. The van der Waals surface area contributed by atoms with Gasteiger partial charge in [0.1, 0.15) is 12.3 Å². The molecule has 5 nitrogen and oxygen atoms in total. The normalized spacial score (nSPS) is 19.1. The minimum Gasteiger partial charge on any atom is -0.467 e. The van der Waals surface area contributed by atoms with Crippen LogP contribution in [-0.2, 0) is 14.3 Å². The monoisotopic (exact) mass is 178 g/mol. The molecule has 0 saturated heterocycles. The number of hydrogen-bond acceptors (Lipinski definition) is 5. The average molecular weight is 178 g/mol. The number of hydrogen-bond donors (Lipinski definition) is 0. The van der Waals surface area contributed by atoms with Crippen LogP contribution in [0.4, 0.5) is 0 Å². The molecule has 0 aromatic carbocycles. The molecule has 1 heterocycles. The van der Waals surface area contributed by atoms with Crippen molar-refractivity contribution in [1.29, 1.82) is 0 Å². The Hall–Kier alpha value is -1.96. The van der Waals surface area contributed by atoms with Gasteiger partial charge in [-0.3, -0.25) is 0 Å². The van der Waals surface area contributed by atoms with E-state index in [2.05, 4.69) is 9.98 Å². The molecular weight excluding hydrogens is 172 g/mol. The number of ether oxygens (including phenoxy) is 1. The molecule has 1 aliphatic rings. The lowest BCUT2D eigenvalue weighted by molar-refractivity contribution is 0.156. The molecule has 0 aliphatic carbocycles. The molecule has 0 aromatic heterocycles. The first-order valence-electron chi connectivity index (χ1n) is 3.51. The summed E-state index contributed by atoms with van der Waals surface area (Å²) in [7, 11) is 0. The fourth-order valence-electron chi connectivity index (χ4n) is 0.813. The third kappa shape index (κ3) is 2.87. The van der Waals surface area contributed by atoms with E-state index in [1.807, 2.05) is 0 Å². The van der Waals surface area contributed by atoms with E-state index in [1.165, 1.54) is 12.2 Å². The molecule has 1 aliphatic heterocycles. The largest absolute Gasteiger partial charge is 0.467 e. The predicted octanol–water partition coefficient (Wildman–Crippen LogP) is 0.454. The van der Waals surface area contributed by atoms with Crippen LogP contribution in [0.25, 0.3) is 0 Å². The van der Waals surface area contributed by atoms with Gasteiger partial charge >= 0.3 is 0 Å². The summed E-state index contributed by atoms with van der Waals surface area (Å²) in [6, 6.07) is 0. The van der Waals surface area contributed by atoms with Crippen molar-refractivity contribution in [2.75, 3.05) is 6.54 Å². The maximum Gasteiger partial charge on any atom is 0.238 e. The van der Waals surface area contributed by atoms with Crippen molar-refractivity contribution in [3.05, 3.63) is 24.0 Å². The fourth-order valence-corrected chi connectivity index (χ4v) is 0.813. The molecule has 66 valence electrons. The Kier molecular flexibility index (Phi) is 3.39. The summed E-state index contributed by atoms with van der Waals surface area (Å²) < 4.78 is 5.10. The number of carbonyl (C=O) groups excluding carboxylic acids is 2. The molecule has 1 atom stereocenters. The van der Waals surface area contributed by atoms with Crippen molar-refractivity contribution in [2.24, 2.45) is 9.98 Å². The fraction of sp³-hybridized carbons (Fsp3) is 0.250. The summed E-state index contributed by atoms with van der Waals surface area (Å²) in [5.74, 6) is 0.467. The minimum absolute atomic E-state index is 0.110. The van der Waals surface area contributed by atoms with Gasteiger partial charge in [-0.15, -0.1) is 0 Å². The third-order valence-electron chi connectivity index (χ3n) is 1.31. The van der Waals surface area contributed by atoms with Gasteiger partial charge in [0.05, 0.1) is 0 Å². The first-order chi connectivity index (χ1) is 6.36. The molecular formula is C8H6N2O3. The van der Waals surface area contributed by atoms with E-state index in [9.17, 15) is 9.59 Å². The topological polar surface area (TPSA) is 68.1 Å². The minimum atomic E-state index is -0.653. The van der Waals surface area contributed by atoms with Gasteiger partial charge in [0.25, 0.3) is 0 Å². The number of allylic oxidation sites excluding steroid dienone is 2. The summed E-state index contributed by atoms with van der Waals surface area (Å²) in [5, 5.41) is 0. The second kappa shape index (κ2) is 4.83. The van der Waals surface area contributed by atoms with E-state index in [0.717, 1.165) is 0 Å². The van der Waals surface area contributed by atoms with Gasteiger partial charge in [0, 0.05) is 0 Å². The van der Waals surface area contributed by atoms with Crippen LogP contribution in [-0.4, -0.2) is 24.9 Å². The van der Waals surface area contributed by atoms with E-state index in [4.69, 9.17) is 4.74 Å². The van der Waals surface area contributed by atoms with Crippen molar-refractivity contribution in [3.63, 3.8) is 0 Å². The Balaban J connectivity index is 2.59. The molecule has 0 amide bonds.